The van der Waals surface area contributed by atoms with E-state index >= 15 is 0 Å². The quantitative estimate of drug-likeness (QED) is 0.725. The Kier molecular flexibility index (Phi) is 2.35. The van der Waals surface area contributed by atoms with E-state index in [-0.39, 0.29) is 12.5 Å². The van der Waals surface area contributed by atoms with Gasteiger partial charge in [0.25, 0.3) is 0 Å². The van der Waals surface area contributed by atoms with Gasteiger partial charge in [-0.2, -0.15) is 5.26 Å². The number of rotatable bonds is 1. The van der Waals surface area contributed by atoms with Gasteiger partial charge in [-0.3, -0.25) is 9.69 Å². The molecule has 0 aliphatic carbocycles. The van der Waals surface area contributed by atoms with E-state index < -0.39 is 6.04 Å². The number of amides is 1. The normalized spacial score (nSPS) is 18.9. The standard InChI is InChI=1S/C10H8ClN3O/c11-6-1-2-8-7(5-6)9(13)10(15)14(8)4-3-12/h1-2,5,9H,4,13H2. The number of anilines is 1. The number of hydrogen-bond donors (Lipinski definition) is 1. The third-order valence-electron chi connectivity index (χ3n) is 2.38. The van der Waals surface area contributed by atoms with Crippen molar-refractivity contribution in [2.75, 3.05) is 11.4 Å². The van der Waals surface area contributed by atoms with Crippen LogP contribution in [0.4, 0.5) is 5.69 Å². The maximum atomic E-state index is 11.7. The molecule has 0 fully saturated rings. The number of carbonyl (C=O) groups excluding carboxylic acids is 1. The summed E-state index contributed by atoms with van der Waals surface area (Å²) >= 11 is 5.81. The van der Waals surface area contributed by atoms with Gasteiger partial charge >= 0.3 is 0 Å². The summed E-state index contributed by atoms with van der Waals surface area (Å²) in [5.41, 5.74) is 7.08. The fourth-order valence-corrected chi connectivity index (χ4v) is 1.85. The summed E-state index contributed by atoms with van der Waals surface area (Å²) in [6, 6.07) is 6.28. The van der Waals surface area contributed by atoms with Crippen molar-refractivity contribution in [3.05, 3.63) is 28.8 Å². The van der Waals surface area contributed by atoms with Gasteiger partial charge in [0.2, 0.25) is 5.91 Å². The molecule has 0 bridgehead atoms. The maximum absolute atomic E-state index is 11.7. The Hall–Kier alpha value is -1.57. The van der Waals surface area contributed by atoms with Gasteiger partial charge in [0.05, 0.1) is 11.8 Å². The Bertz CT molecular complexity index is 466. The number of nitrogens with two attached hydrogens (primary N) is 1. The molecule has 2 N–H and O–H groups in total. The molecule has 0 radical (unpaired) electrons. The van der Waals surface area contributed by atoms with Gasteiger partial charge in [0.15, 0.2) is 0 Å². The zero-order valence-electron chi connectivity index (χ0n) is 7.77. The lowest BCUT2D eigenvalue weighted by molar-refractivity contribution is -0.119. The van der Waals surface area contributed by atoms with Crippen LogP contribution in [0.5, 0.6) is 0 Å². The van der Waals surface area contributed by atoms with Crippen LogP contribution in [0.15, 0.2) is 18.2 Å². The highest BCUT2D eigenvalue weighted by atomic mass is 35.5. The second-order valence-electron chi connectivity index (χ2n) is 3.26. The molecule has 1 amide bonds. The smallest absolute Gasteiger partial charge is 0.249 e. The molecule has 0 saturated heterocycles. The molecule has 0 spiro atoms. The second-order valence-corrected chi connectivity index (χ2v) is 3.70. The summed E-state index contributed by atoms with van der Waals surface area (Å²) in [4.78, 5) is 13.0. The monoisotopic (exact) mass is 221 g/mol. The summed E-state index contributed by atoms with van der Waals surface area (Å²) in [5, 5.41) is 9.14. The van der Waals surface area contributed by atoms with Crippen LogP contribution in [0.25, 0.3) is 0 Å². The number of hydrogen-bond acceptors (Lipinski definition) is 3. The van der Waals surface area contributed by atoms with Crippen LogP contribution in [0.3, 0.4) is 0 Å². The highest BCUT2D eigenvalue weighted by Gasteiger charge is 2.34. The predicted octanol–water partition coefficient (Wildman–Crippen LogP) is 1.21. The van der Waals surface area contributed by atoms with Crippen LogP contribution in [-0.2, 0) is 4.79 Å². The van der Waals surface area contributed by atoms with Gasteiger partial charge in [-0.1, -0.05) is 11.6 Å². The molecule has 2 rings (SSSR count). The first-order valence-electron chi connectivity index (χ1n) is 4.38. The summed E-state index contributed by atoms with van der Waals surface area (Å²) < 4.78 is 0. The summed E-state index contributed by atoms with van der Waals surface area (Å²) in [7, 11) is 0. The molecule has 1 unspecified atom stereocenters. The van der Waals surface area contributed by atoms with Crippen molar-refractivity contribution < 1.29 is 4.79 Å². The van der Waals surface area contributed by atoms with Crippen LogP contribution in [0.1, 0.15) is 11.6 Å². The molecule has 76 valence electrons. The number of halogens is 1. The van der Waals surface area contributed by atoms with Crippen LogP contribution in [0, 0.1) is 11.3 Å². The Morgan fingerprint density at radius 1 is 1.60 bits per heavy atom. The van der Waals surface area contributed by atoms with E-state index in [9.17, 15) is 4.79 Å². The molecule has 0 aromatic heterocycles. The molecule has 15 heavy (non-hydrogen) atoms. The van der Waals surface area contributed by atoms with Crippen molar-refractivity contribution in [2.24, 2.45) is 5.73 Å². The number of carbonyl (C=O) groups is 1. The lowest BCUT2D eigenvalue weighted by atomic mass is 10.1. The third-order valence-corrected chi connectivity index (χ3v) is 2.61. The minimum atomic E-state index is -0.702. The Balaban J connectivity index is 2.51. The first-order valence-corrected chi connectivity index (χ1v) is 4.76. The van der Waals surface area contributed by atoms with E-state index in [1.54, 1.807) is 18.2 Å². The molecule has 1 aliphatic rings. The maximum Gasteiger partial charge on any atom is 0.249 e. The molecular weight excluding hydrogens is 214 g/mol. The van der Waals surface area contributed by atoms with Crippen molar-refractivity contribution in [3.8, 4) is 6.07 Å². The molecule has 0 saturated carbocycles. The topological polar surface area (TPSA) is 70.1 Å². The van der Waals surface area contributed by atoms with E-state index in [4.69, 9.17) is 22.6 Å². The first kappa shape index (κ1) is 9.97. The molecule has 5 heteroatoms. The minimum Gasteiger partial charge on any atom is -0.316 e. The molecule has 4 nitrogen and oxygen atoms in total. The van der Waals surface area contributed by atoms with Gasteiger partial charge < -0.3 is 5.73 Å². The Morgan fingerprint density at radius 2 is 2.33 bits per heavy atom. The van der Waals surface area contributed by atoms with Crippen molar-refractivity contribution in [2.45, 2.75) is 6.04 Å². The zero-order chi connectivity index (χ0) is 11.0. The average molecular weight is 222 g/mol. The summed E-state index contributed by atoms with van der Waals surface area (Å²) in [5.74, 6) is -0.256. The lowest BCUT2D eigenvalue weighted by Gasteiger charge is -2.12. The number of fused-ring (bicyclic) bond motifs is 1. The van der Waals surface area contributed by atoms with Gasteiger partial charge in [-0.25, -0.2) is 0 Å². The SMILES string of the molecule is N#CCN1C(=O)C(N)c2cc(Cl)ccc21. The summed E-state index contributed by atoms with van der Waals surface area (Å²) in [6.45, 7) is 0.0150. The van der Waals surface area contributed by atoms with E-state index in [0.29, 0.717) is 16.3 Å². The van der Waals surface area contributed by atoms with Crippen molar-refractivity contribution in [1.29, 1.82) is 5.26 Å². The van der Waals surface area contributed by atoms with Crippen molar-refractivity contribution in [3.63, 3.8) is 0 Å². The molecule has 1 atom stereocenters. The van der Waals surface area contributed by atoms with Gasteiger partial charge in [0.1, 0.15) is 12.6 Å². The molecule has 1 aliphatic heterocycles. The summed E-state index contributed by atoms with van der Waals surface area (Å²) in [6.07, 6.45) is 0. The highest BCUT2D eigenvalue weighted by Crippen LogP contribution is 2.35. The van der Waals surface area contributed by atoms with Crippen molar-refractivity contribution in [1.82, 2.24) is 0 Å². The van der Waals surface area contributed by atoms with E-state index in [2.05, 4.69) is 0 Å². The fraction of sp³-hybridized carbons (Fsp3) is 0.200. The number of nitriles is 1. The predicted molar refractivity (Wildman–Crippen MR) is 56.3 cm³/mol. The molecule has 1 aromatic rings. The van der Waals surface area contributed by atoms with Crippen LogP contribution >= 0.6 is 11.6 Å². The molecule has 1 aromatic carbocycles. The Morgan fingerprint density at radius 3 is 3.00 bits per heavy atom. The van der Waals surface area contributed by atoms with Crippen molar-refractivity contribution >= 4 is 23.2 Å². The number of nitrogens with zero attached hydrogens (tertiary/aromatic N) is 2. The third kappa shape index (κ3) is 1.46. The van der Waals surface area contributed by atoms with Crippen LogP contribution in [0.2, 0.25) is 5.02 Å². The van der Waals surface area contributed by atoms with E-state index in [1.807, 2.05) is 6.07 Å². The average Bonchev–Trinajstić information content (AvgIpc) is 2.44. The number of benzene rings is 1. The van der Waals surface area contributed by atoms with Crippen LogP contribution in [-0.4, -0.2) is 12.5 Å². The first-order chi connectivity index (χ1) is 7.15. The Labute approximate surface area is 91.8 Å². The van der Waals surface area contributed by atoms with Gasteiger partial charge in [-0.15, -0.1) is 0 Å². The molecule has 1 heterocycles. The van der Waals surface area contributed by atoms with Gasteiger partial charge in [0, 0.05) is 10.6 Å². The van der Waals surface area contributed by atoms with E-state index in [0.717, 1.165) is 0 Å². The van der Waals surface area contributed by atoms with Crippen LogP contribution < -0.4 is 10.6 Å². The second kappa shape index (κ2) is 3.54. The zero-order valence-corrected chi connectivity index (χ0v) is 8.53. The van der Waals surface area contributed by atoms with Gasteiger partial charge in [-0.05, 0) is 18.2 Å². The fourth-order valence-electron chi connectivity index (χ4n) is 1.67. The largest absolute Gasteiger partial charge is 0.316 e. The highest BCUT2D eigenvalue weighted by molar-refractivity contribution is 6.31. The minimum absolute atomic E-state index is 0.0150. The molecular formula is C10H8ClN3O. The lowest BCUT2D eigenvalue weighted by Crippen LogP contribution is -2.31. The van der Waals surface area contributed by atoms with E-state index in [1.165, 1.54) is 4.90 Å².